The normalized spacial score (nSPS) is 22.1. The first-order valence-corrected chi connectivity index (χ1v) is 2.38. The van der Waals surface area contributed by atoms with Crippen LogP contribution in [0.3, 0.4) is 0 Å². The van der Waals surface area contributed by atoms with Crippen LogP contribution in [0.1, 0.15) is 6.92 Å². The van der Waals surface area contributed by atoms with E-state index in [0.29, 0.717) is 5.57 Å². The fraction of sp³-hybridized carbons (Fsp3) is 0.167. The molecule has 0 atom stereocenters. The standard InChI is InChI=1S/C6H6O2/c1-2-5-3-4-8-6(5)7/h2-4H,1H3. The second kappa shape index (κ2) is 1.82. The number of carbonyl (C=O) groups is 1. The largest absolute Gasteiger partial charge is 0.431 e. The lowest BCUT2D eigenvalue weighted by Crippen LogP contribution is -1.93. The highest BCUT2D eigenvalue weighted by atomic mass is 16.5. The van der Waals surface area contributed by atoms with E-state index in [2.05, 4.69) is 4.74 Å². The average molecular weight is 110 g/mol. The van der Waals surface area contributed by atoms with Gasteiger partial charge >= 0.3 is 5.97 Å². The van der Waals surface area contributed by atoms with Gasteiger partial charge < -0.3 is 4.74 Å². The predicted molar refractivity (Wildman–Crippen MR) is 29.0 cm³/mol. The first-order valence-electron chi connectivity index (χ1n) is 2.38. The number of ether oxygens (including phenoxy) is 1. The molecule has 0 saturated heterocycles. The molecule has 0 radical (unpaired) electrons. The zero-order valence-corrected chi connectivity index (χ0v) is 4.55. The van der Waals surface area contributed by atoms with E-state index in [0.717, 1.165) is 0 Å². The maximum atomic E-state index is 10.5. The zero-order chi connectivity index (χ0) is 5.98. The van der Waals surface area contributed by atoms with Gasteiger partial charge in [-0.2, -0.15) is 0 Å². The van der Waals surface area contributed by atoms with Crippen molar-refractivity contribution in [2.45, 2.75) is 6.92 Å². The Morgan fingerprint density at radius 1 is 1.75 bits per heavy atom. The third-order valence-electron chi connectivity index (χ3n) is 0.969. The number of hydrogen-bond donors (Lipinski definition) is 0. The highest BCUT2D eigenvalue weighted by molar-refractivity contribution is 5.93. The second-order valence-corrected chi connectivity index (χ2v) is 1.45. The molecule has 0 amide bonds. The van der Waals surface area contributed by atoms with Gasteiger partial charge in [-0.05, 0) is 13.0 Å². The summed E-state index contributed by atoms with van der Waals surface area (Å²) in [7, 11) is 0. The third-order valence-corrected chi connectivity index (χ3v) is 0.969. The zero-order valence-electron chi connectivity index (χ0n) is 4.55. The summed E-state index contributed by atoms with van der Waals surface area (Å²) >= 11 is 0. The average Bonchev–Trinajstić information content (AvgIpc) is 2.14. The van der Waals surface area contributed by atoms with E-state index in [4.69, 9.17) is 0 Å². The molecule has 0 N–H and O–H groups in total. The van der Waals surface area contributed by atoms with E-state index in [9.17, 15) is 4.79 Å². The Labute approximate surface area is 47.5 Å². The predicted octanol–water partition coefficient (Wildman–Crippen LogP) is 1.00. The van der Waals surface area contributed by atoms with Gasteiger partial charge in [0.15, 0.2) is 0 Å². The van der Waals surface area contributed by atoms with Crippen molar-refractivity contribution in [1.82, 2.24) is 0 Å². The Bertz CT molecular complexity index is 165. The molecule has 2 nitrogen and oxygen atoms in total. The molecule has 1 aliphatic heterocycles. The van der Waals surface area contributed by atoms with Gasteiger partial charge in [-0.25, -0.2) is 4.79 Å². The number of rotatable bonds is 0. The van der Waals surface area contributed by atoms with Crippen molar-refractivity contribution in [3.63, 3.8) is 0 Å². The number of allylic oxidation sites excluding steroid dienone is 1. The van der Waals surface area contributed by atoms with Crippen LogP contribution in [0.2, 0.25) is 0 Å². The summed E-state index contributed by atoms with van der Waals surface area (Å²) in [4.78, 5) is 10.5. The summed E-state index contributed by atoms with van der Waals surface area (Å²) in [6.45, 7) is 1.80. The van der Waals surface area contributed by atoms with Gasteiger partial charge in [-0.1, -0.05) is 6.08 Å². The minimum absolute atomic E-state index is 0.257. The second-order valence-electron chi connectivity index (χ2n) is 1.45. The molecule has 42 valence electrons. The summed E-state index contributed by atoms with van der Waals surface area (Å²) in [5.74, 6) is -0.257. The molecule has 0 fully saturated rings. The first-order chi connectivity index (χ1) is 3.84. The monoisotopic (exact) mass is 110 g/mol. The van der Waals surface area contributed by atoms with Crippen LogP contribution in [0, 0.1) is 0 Å². The van der Waals surface area contributed by atoms with Crippen LogP contribution >= 0.6 is 0 Å². The maximum absolute atomic E-state index is 10.5. The van der Waals surface area contributed by atoms with Crippen LogP contribution in [0.5, 0.6) is 0 Å². The first kappa shape index (κ1) is 5.09. The Kier molecular flexibility index (Phi) is 1.16. The van der Waals surface area contributed by atoms with Crippen LogP contribution < -0.4 is 0 Å². The van der Waals surface area contributed by atoms with E-state index >= 15 is 0 Å². The molecule has 0 aromatic rings. The quantitative estimate of drug-likeness (QED) is 0.343. The van der Waals surface area contributed by atoms with Gasteiger partial charge in [0.2, 0.25) is 0 Å². The number of esters is 1. The van der Waals surface area contributed by atoms with Crippen LogP contribution in [0.25, 0.3) is 0 Å². The van der Waals surface area contributed by atoms with Gasteiger partial charge in [0.1, 0.15) is 0 Å². The molecule has 1 heterocycles. The molecule has 0 aromatic carbocycles. The number of cyclic esters (lactones) is 1. The Balaban J connectivity index is 2.82. The van der Waals surface area contributed by atoms with E-state index in [1.165, 1.54) is 6.26 Å². The van der Waals surface area contributed by atoms with Crippen molar-refractivity contribution in [3.05, 3.63) is 24.0 Å². The van der Waals surface area contributed by atoms with Gasteiger partial charge in [-0.15, -0.1) is 0 Å². The molecule has 1 rings (SSSR count). The van der Waals surface area contributed by atoms with Gasteiger partial charge in [0.05, 0.1) is 11.8 Å². The maximum Gasteiger partial charge on any atom is 0.342 e. The van der Waals surface area contributed by atoms with E-state index in [1.54, 1.807) is 19.1 Å². The molecule has 0 spiro atoms. The lowest BCUT2D eigenvalue weighted by molar-refractivity contribution is -0.132. The summed E-state index contributed by atoms with van der Waals surface area (Å²) in [6, 6.07) is 0. The van der Waals surface area contributed by atoms with Crippen molar-refractivity contribution in [2.24, 2.45) is 0 Å². The van der Waals surface area contributed by atoms with Gasteiger partial charge in [0, 0.05) is 0 Å². The van der Waals surface area contributed by atoms with Crippen LogP contribution in [-0.4, -0.2) is 5.97 Å². The lowest BCUT2D eigenvalue weighted by Gasteiger charge is -1.84. The highest BCUT2D eigenvalue weighted by Crippen LogP contribution is 2.07. The van der Waals surface area contributed by atoms with Crippen molar-refractivity contribution in [1.29, 1.82) is 0 Å². The van der Waals surface area contributed by atoms with Crippen molar-refractivity contribution in [3.8, 4) is 0 Å². The topological polar surface area (TPSA) is 26.3 Å². The molecule has 1 aliphatic rings. The number of hydrogen-bond acceptors (Lipinski definition) is 2. The van der Waals surface area contributed by atoms with Gasteiger partial charge in [0.25, 0.3) is 0 Å². The lowest BCUT2D eigenvalue weighted by atomic mass is 10.3. The molecular formula is C6H6O2. The summed E-state index contributed by atoms with van der Waals surface area (Å²) in [5.41, 5.74) is 0.630. The van der Waals surface area contributed by atoms with Crippen molar-refractivity contribution in [2.75, 3.05) is 0 Å². The minimum atomic E-state index is -0.257. The summed E-state index contributed by atoms with van der Waals surface area (Å²) < 4.78 is 4.47. The Hall–Kier alpha value is -1.05. The molecule has 0 bridgehead atoms. The van der Waals surface area contributed by atoms with E-state index in [1.807, 2.05) is 0 Å². The third kappa shape index (κ3) is 0.644. The Morgan fingerprint density at radius 2 is 2.50 bits per heavy atom. The molecular weight excluding hydrogens is 104 g/mol. The fourth-order valence-electron chi connectivity index (χ4n) is 0.519. The van der Waals surface area contributed by atoms with Crippen molar-refractivity contribution >= 4 is 5.97 Å². The molecule has 2 heteroatoms. The smallest absolute Gasteiger partial charge is 0.342 e. The fourth-order valence-corrected chi connectivity index (χ4v) is 0.519. The van der Waals surface area contributed by atoms with Gasteiger partial charge in [-0.3, -0.25) is 0 Å². The van der Waals surface area contributed by atoms with Crippen molar-refractivity contribution < 1.29 is 9.53 Å². The molecule has 8 heavy (non-hydrogen) atoms. The molecule has 0 aliphatic carbocycles. The van der Waals surface area contributed by atoms with E-state index in [-0.39, 0.29) is 5.97 Å². The molecule has 0 unspecified atom stereocenters. The van der Waals surface area contributed by atoms with E-state index < -0.39 is 0 Å². The van der Waals surface area contributed by atoms with Crippen LogP contribution in [-0.2, 0) is 9.53 Å². The minimum Gasteiger partial charge on any atom is -0.431 e. The van der Waals surface area contributed by atoms with Crippen LogP contribution in [0.15, 0.2) is 24.0 Å². The summed E-state index contributed by atoms with van der Waals surface area (Å²) in [6.07, 6.45) is 4.74. The van der Waals surface area contributed by atoms with Crippen LogP contribution in [0.4, 0.5) is 0 Å². The highest BCUT2D eigenvalue weighted by Gasteiger charge is 2.09. The Morgan fingerprint density at radius 3 is 2.75 bits per heavy atom. The number of carbonyl (C=O) groups excluding carboxylic acids is 1. The SMILES string of the molecule is CC=C1C=COC1=O. The molecule has 0 aromatic heterocycles. The molecule has 0 saturated carbocycles. The summed E-state index contributed by atoms with van der Waals surface area (Å²) in [5, 5.41) is 0.